The van der Waals surface area contributed by atoms with Crippen LogP contribution in [0.25, 0.3) is 0 Å². The third-order valence-electron chi connectivity index (χ3n) is 1.83. The number of pyridine rings is 1. The van der Waals surface area contributed by atoms with E-state index in [-0.39, 0.29) is 0 Å². The molecule has 0 aromatic carbocycles. The van der Waals surface area contributed by atoms with Gasteiger partial charge in [-0.05, 0) is 11.3 Å². The summed E-state index contributed by atoms with van der Waals surface area (Å²) < 4.78 is 0. The van der Waals surface area contributed by atoms with Gasteiger partial charge >= 0.3 is 0 Å². The van der Waals surface area contributed by atoms with Crippen molar-refractivity contribution in [2.75, 3.05) is 5.32 Å². The number of hydrogen-bond donors (Lipinski definition) is 1. The van der Waals surface area contributed by atoms with Gasteiger partial charge in [0, 0.05) is 12.2 Å². The van der Waals surface area contributed by atoms with E-state index in [4.69, 9.17) is 6.42 Å². The Morgan fingerprint density at radius 3 is 2.46 bits per heavy atom. The summed E-state index contributed by atoms with van der Waals surface area (Å²) >= 11 is 0. The van der Waals surface area contributed by atoms with Gasteiger partial charge in [0.2, 0.25) is 0 Å². The normalized spacial score (nSPS) is 10.6. The van der Waals surface area contributed by atoms with E-state index < -0.39 is 8.07 Å². The summed E-state index contributed by atoms with van der Waals surface area (Å²) in [6.45, 7) is 6.87. The predicted octanol–water partition coefficient (Wildman–Crippen LogP) is 1.63. The van der Waals surface area contributed by atoms with Gasteiger partial charge in [-0.2, -0.15) is 0 Å². The number of nitrogens with one attached hydrogen (secondary N) is 1. The lowest BCUT2D eigenvalue weighted by molar-refractivity contribution is 1.33. The highest BCUT2D eigenvalue weighted by Gasteiger charge is 2.15. The minimum Gasteiger partial charge on any atom is -0.300 e. The van der Waals surface area contributed by atoms with Crippen molar-refractivity contribution >= 4 is 19.1 Å². The highest BCUT2D eigenvalue weighted by atomic mass is 28.3. The molecule has 0 saturated carbocycles. The van der Waals surface area contributed by atoms with Gasteiger partial charge in [0.1, 0.15) is 5.82 Å². The fourth-order valence-electron chi connectivity index (χ4n) is 0.985. The van der Waals surface area contributed by atoms with Crippen LogP contribution < -0.4 is 10.5 Å². The maximum atomic E-state index is 5.09. The number of rotatable bonds is 2. The SMILES string of the molecule is C#CNc1ccc([Si](C)(C)C)cn1. The van der Waals surface area contributed by atoms with Crippen LogP contribution >= 0.6 is 0 Å². The van der Waals surface area contributed by atoms with Gasteiger partial charge in [-0.15, -0.1) is 0 Å². The van der Waals surface area contributed by atoms with Crippen molar-refractivity contribution < 1.29 is 0 Å². The van der Waals surface area contributed by atoms with Crippen LogP contribution in [0.2, 0.25) is 19.6 Å². The first-order valence-corrected chi connectivity index (χ1v) is 7.72. The second kappa shape index (κ2) is 3.63. The molecule has 13 heavy (non-hydrogen) atoms. The predicted molar refractivity (Wildman–Crippen MR) is 59.7 cm³/mol. The standard InChI is InChI=1S/C10H14N2Si/c1-5-11-10-7-6-9(8-12-10)13(2,3)4/h1,6-8H,2-4H3,(H,11,12). The molecule has 1 aromatic rings. The summed E-state index contributed by atoms with van der Waals surface area (Å²) in [5.74, 6) is 0.740. The summed E-state index contributed by atoms with van der Waals surface area (Å²) in [5.41, 5.74) is 0. The summed E-state index contributed by atoms with van der Waals surface area (Å²) in [7, 11) is -1.22. The van der Waals surface area contributed by atoms with Gasteiger partial charge < -0.3 is 0 Å². The molecule has 2 nitrogen and oxygen atoms in total. The summed E-state index contributed by atoms with van der Waals surface area (Å²) in [6, 6.07) is 6.36. The van der Waals surface area contributed by atoms with Gasteiger partial charge in [-0.3, -0.25) is 5.32 Å². The molecule has 0 saturated heterocycles. The Hall–Kier alpha value is -1.27. The van der Waals surface area contributed by atoms with Crippen molar-refractivity contribution in [3.8, 4) is 12.5 Å². The zero-order valence-electron chi connectivity index (χ0n) is 8.26. The van der Waals surface area contributed by atoms with E-state index in [9.17, 15) is 0 Å². The van der Waals surface area contributed by atoms with Gasteiger partial charge in [-0.25, -0.2) is 4.98 Å². The first kappa shape index (κ1) is 9.81. The molecule has 1 N–H and O–H groups in total. The maximum absolute atomic E-state index is 5.09. The molecule has 3 heteroatoms. The molecule has 1 heterocycles. The van der Waals surface area contributed by atoms with Crippen LogP contribution in [0.5, 0.6) is 0 Å². The maximum Gasteiger partial charge on any atom is 0.137 e. The fraction of sp³-hybridized carbons (Fsp3) is 0.300. The topological polar surface area (TPSA) is 24.9 Å². The zero-order valence-corrected chi connectivity index (χ0v) is 9.26. The first-order valence-electron chi connectivity index (χ1n) is 4.22. The van der Waals surface area contributed by atoms with Crippen molar-refractivity contribution in [1.29, 1.82) is 0 Å². The Labute approximate surface area is 80.4 Å². The minimum absolute atomic E-state index is 0.740. The first-order chi connectivity index (χ1) is 6.04. The van der Waals surface area contributed by atoms with E-state index >= 15 is 0 Å². The minimum atomic E-state index is -1.22. The molecule has 0 unspecified atom stereocenters. The average molecular weight is 190 g/mol. The lowest BCUT2D eigenvalue weighted by atomic mass is 10.4. The van der Waals surface area contributed by atoms with Crippen molar-refractivity contribution in [2.24, 2.45) is 0 Å². The van der Waals surface area contributed by atoms with Crippen molar-refractivity contribution in [3.63, 3.8) is 0 Å². The highest BCUT2D eigenvalue weighted by molar-refractivity contribution is 6.88. The third kappa shape index (κ3) is 2.60. The monoisotopic (exact) mass is 190 g/mol. The van der Waals surface area contributed by atoms with Gasteiger partial charge in [0.25, 0.3) is 0 Å². The average Bonchev–Trinajstić information content (AvgIpc) is 2.04. The smallest absolute Gasteiger partial charge is 0.137 e. The molecule has 1 rings (SSSR count). The summed E-state index contributed by atoms with van der Waals surface area (Å²) in [5, 5.41) is 4.06. The van der Waals surface area contributed by atoms with Gasteiger partial charge in [0.15, 0.2) is 0 Å². The Balaban J connectivity index is 2.89. The van der Waals surface area contributed by atoms with E-state index in [0.717, 1.165) is 5.82 Å². The quantitative estimate of drug-likeness (QED) is 0.435. The number of terminal acetylenes is 1. The van der Waals surface area contributed by atoms with E-state index in [1.807, 2.05) is 12.3 Å². The molecular weight excluding hydrogens is 176 g/mol. The van der Waals surface area contributed by atoms with Crippen LogP contribution in [0.3, 0.4) is 0 Å². The van der Waals surface area contributed by atoms with Crippen LogP contribution in [-0.4, -0.2) is 13.1 Å². The van der Waals surface area contributed by atoms with Crippen molar-refractivity contribution in [2.45, 2.75) is 19.6 Å². The number of nitrogens with zero attached hydrogens (tertiary/aromatic N) is 1. The number of aromatic nitrogens is 1. The highest BCUT2D eigenvalue weighted by Crippen LogP contribution is 2.04. The van der Waals surface area contributed by atoms with E-state index in [2.05, 4.69) is 42.1 Å². The Kier molecular flexibility index (Phi) is 2.74. The number of hydrogen-bond acceptors (Lipinski definition) is 2. The summed E-state index contributed by atoms with van der Waals surface area (Å²) in [4.78, 5) is 4.22. The molecular formula is C10H14N2Si. The van der Waals surface area contributed by atoms with E-state index in [1.165, 1.54) is 5.19 Å². The van der Waals surface area contributed by atoms with Crippen LogP contribution in [-0.2, 0) is 0 Å². The van der Waals surface area contributed by atoms with E-state index in [1.54, 1.807) is 0 Å². The molecule has 0 fully saturated rings. The van der Waals surface area contributed by atoms with Crippen molar-refractivity contribution in [1.82, 2.24) is 4.98 Å². The van der Waals surface area contributed by atoms with Crippen molar-refractivity contribution in [3.05, 3.63) is 18.3 Å². The molecule has 68 valence electrons. The fourth-order valence-corrected chi connectivity index (χ4v) is 2.02. The lowest BCUT2D eigenvalue weighted by Gasteiger charge is -2.15. The molecule has 0 radical (unpaired) electrons. The van der Waals surface area contributed by atoms with Crippen LogP contribution in [0, 0.1) is 12.5 Å². The van der Waals surface area contributed by atoms with Crippen LogP contribution in [0.1, 0.15) is 0 Å². The van der Waals surface area contributed by atoms with Gasteiger partial charge in [-0.1, -0.05) is 32.1 Å². The zero-order chi connectivity index (χ0) is 9.90. The molecule has 0 amide bonds. The Morgan fingerprint density at radius 2 is 2.08 bits per heavy atom. The van der Waals surface area contributed by atoms with Crippen LogP contribution in [0.15, 0.2) is 18.3 Å². The Morgan fingerprint density at radius 1 is 1.38 bits per heavy atom. The lowest BCUT2D eigenvalue weighted by Crippen LogP contribution is -2.37. The molecule has 0 aliphatic rings. The third-order valence-corrected chi connectivity index (χ3v) is 3.86. The second-order valence-corrected chi connectivity index (χ2v) is 9.03. The molecule has 0 atom stereocenters. The molecule has 0 aliphatic carbocycles. The number of anilines is 1. The Bertz CT molecular complexity index is 316. The summed E-state index contributed by atoms with van der Waals surface area (Å²) in [6.07, 6.45) is 7.00. The molecule has 0 bridgehead atoms. The molecule has 1 aromatic heterocycles. The van der Waals surface area contributed by atoms with Gasteiger partial charge in [0.05, 0.1) is 8.07 Å². The second-order valence-electron chi connectivity index (χ2n) is 3.95. The largest absolute Gasteiger partial charge is 0.300 e. The molecule has 0 aliphatic heterocycles. The molecule has 0 spiro atoms. The van der Waals surface area contributed by atoms with Crippen LogP contribution in [0.4, 0.5) is 5.82 Å². The van der Waals surface area contributed by atoms with E-state index in [0.29, 0.717) is 0 Å².